The van der Waals surface area contributed by atoms with E-state index in [4.69, 9.17) is 10.7 Å². The minimum absolute atomic E-state index is 0.0187. The number of amides is 1. The number of nitrogens with one attached hydrogen (secondary N) is 1. The second-order valence-corrected chi connectivity index (χ2v) is 11.3. The molecule has 3 aromatic rings. The fourth-order valence-corrected chi connectivity index (χ4v) is 5.59. The average Bonchev–Trinajstić information content (AvgIpc) is 3.04. The SMILES string of the molecule is Cc1cc(F)cc(-c2ccc(C(=O)NS(=O)(=O)c3cccc(N)n3)c(N3C[C@@H](C)CC3(C)C)n2)c1. The number of pyridine rings is 2. The number of hydrogen-bond acceptors (Lipinski definition) is 7. The summed E-state index contributed by atoms with van der Waals surface area (Å²) in [5.41, 5.74) is 7.16. The first-order valence-corrected chi connectivity index (χ1v) is 12.7. The van der Waals surface area contributed by atoms with Crippen LogP contribution in [0.15, 0.2) is 53.6 Å². The van der Waals surface area contributed by atoms with E-state index >= 15 is 0 Å². The molecule has 0 saturated carbocycles. The van der Waals surface area contributed by atoms with Gasteiger partial charge in [-0.25, -0.2) is 19.1 Å². The van der Waals surface area contributed by atoms with Gasteiger partial charge in [-0.2, -0.15) is 8.42 Å². The molecule has 10 heteroatoms. The van der Waals surface area contributed by atoms with Gasteiger partial charge in [-0.3, -0.25) is 4.79 Å². The summed E-state index contributed by atoms with van der Waals surface area (Å²) in [4.78, 5) is 23.8. The van der Waals surface area contributed by atoms with Crippen molar-refractivity contribution in [2.45, 2.75) is 44.7 Å². The number of nitrogen functional groups attached to an aromatic ring is 1. The number of carbonyl (C=O) groups excluding carboxylic acids is 1. The zero-order valence-corrected chi connectivity index (χ0v) is 20.9. The van der Waals surface area contributed by atoms with Crippen LogP contribution in [0.1, 0.15) is 43.1 Å². The lowest BCUT2D eigenvalue weighted by Gasteiger charge is -2.34. The van der Waals surface area contributed by atoms with Gasteiger partial charge >= 0.3 is 0 Å². The zero-order valence-electron chi connectivity index (χ0n) is 20.0. The predicted octanol–water partition coefficient (Wildman–Crippen LogP) is 3.92. The molecular formula is C25H28FN5O3S. The smallest absolute Gasteiger partial charge is 0.281 e. The normalized spacial score (nSPS) is 17.4. The van der Waals surface area contributed by atoms with Crippen molar-refractivity contribution in [2.75, 3.05) is 17.2 Å². The van der Waals surface area contributed by atoms with Crippen molar-refractivity contribution < 1.29 is 17.6 Å². The molecule has 1 amide bonds. The third-order valence-electron chi connectivity index (χ3n) is 6.03. The molecular weight excluding hydrogens is 469 g/mol. The van der Waals surface area contributed by atoms with Crippen LogP contribution in [-0.4, -0.2) is 36.4 Å². The molecule has 1 aliphatic rings. The monoisotopic (exact) mass is 497 g/mol. The fourth-order valence-electron chi connectivity index (χ4n) is 4.65. The number of halogens is 1. The molecule has 3 heterocycles. The standard InChI is InChI=1S/C25H28FN5O3S/c1-15-10-17(12-18(26)11-15)20-9-8-19(23(28-20)31-14-16(2)13-25(31,3)4)24(32)30-35(33,34)22-7-5-6-21(27)29-22/h5-12,16H,13-14H2,1-4H3,(H2,27,29)(H,30,32)/t16-/m0/s1. The lowest BCUT2D eigenvalue weighted by Crippen LogP contribution is -2.41. The van der Waals surface area contributed by atoms with Crippen molar-refractivity contribution in [3.63, 3.8) is 0 Å². The van der Waals surface area contributed by atoms with Crippen LogP contribution < -0.4 is 15.4 Å². The van der Waals surface area contributed by atoms with Gasteiger partial charge < -0.3 is 10.6 Å². The molecule has 1 atom stereocenters. The molecule has 1 fully saturated rings. The summed E-state index contributed by atoms with van der Waals surface area (Å²) in [5.74, 6) is -0.532. The van der Waals surface area contributed by atoms with Gasteiger partial charge in [0.15, 0.2) is 5.03 Å². The van der Waals surface area contributed by atoms with E-state index in [1.54, 1.807) is 13.0 Å². The van der Waals surface area contributed by atoms with Crippen LogP contribution in [0.3, 0.4) is 0 Å². The number of nitrogens with two attached hydrogens (primary N) is 1. The summed E-state index contributed by atoms with van der Waals surface area (Å²) in [7, 11) is -4.27. The molecule has 0 bridgehead atoms. The molecule has 0 spiro atoms. The van der Waals surface area contributed by atoms with Crippen LogP contribution >= 0.6 is 0 Å². The summed E-state index contributed by atoms with van der Waals surface area (Å²) >= 11 is 0. The van der Waals surface area contributed by atoms with Crippen molar-refractivity contribution in [3.05, 3.63) is 65.5 Å². The van der Waals surface area contributed by atoms with Crippen molar-refractivity contribution in [1.29, 1.82) is 0 Å². The van der Waals surface area contributed by atoms with Gasteiger partial charge in [0, 0.05) is 17.6 Å². The predicted molar refractivity (Wildman–Crippen MR) is 133 cm³/mol. The zero-order chi connectivity index (χ0) is 25.5. The van der Waals surface area contributed by atoms with Gasteiger partial charge in [0.2, 0.25) is 0 Å². The highest BCUT2D eigenvalue weighted by Gasteiger charge is 2.39. The van der Waals surface area contributed by atoms with E-state index in [1.807, 2.05) is 24.8 Å². The van der Waals surface area contributed by atoms with Gasteiger partial charge in [0.1, 0.15) is 17.5 Å². The average molecular weight is 498 g/mol. The lowest BCUT2D eigenvalue weighted by molar-refractivity contribution is 0.0981. The first kappa shape index (κ1) is 24.6. The van der Waals surface area contributed by atoms with Gasteiger partial charge in [0.05, 0.1) is 11.3 Å². The molecule has 1 aliphatic heterocycles. The van der Waals surface area contributed by atoms with E-state index in [2.05, 4.69) is 16.6 Å². The van der Waals surface area contributed by atoms with E-state index in [0.717, 1.165) is 12.0 Å². The molecule has 0 aliphatic carbocycles. The van der Waals surface area contributed by atoms with Crippen LogP contribution in [0, 0.1) is 18.7 Å². The number of aryl methyl sites for hydroxylation is 1. The van der Waals surface area contributed by atoms with Gasteiger partial charge in [-0.1, -0.05) is 13.0 Å². The van der Waals surface area contributed by atoms with E-state index < -0.39 is 15.9 Å². The summed E-state index contributed by atoms with van der Waals surface area (Å²) < 4.78 is 41.8. The molecule has 1 aromatic carbocycles. The Labute approximate surface area is 204 Å². The Morgan fingerprint density at radius 1 is 1.17 bits per heavy atom. The van der Waals surface area contributed by atoms with Crippen molar-refractivity contribution in [2.24, 2.45) is 5.92 Å². The maximum Gasteiger partial charge on any atom is 0.281 e. The summed E-state index contributed by atoms with van der Waals surface area (Å²) in [6.45, 7) is 8.63. The lowest BCUT2D eigenvalue weighted by atomic mass is 9.97. The Bertz CT molecular complexity index is 1390. The van der Waals surface area contributed by atoms with E-state index in [1.165, 1.54) is 36.4 Å². The number of benzene rings is 1. The third-order valence-corrected chi connectivity index (χ3v) is 7.27. The highest BCUT2D eigenvalue weighted by molar-refractivity contribution is 7.90. The quantitative estimate of drug-likeness (QED) is 0.548. The Hall–Kier alpha value is -3.53. The second-order valence-electron chi connectivity index (χ2n) is 9.65. The van der Waals surface area contributed by atoms with Crippen molar-refractivity contribution >= 4 is 27.6 Å². The Balaban J connectivity index is 1.79. The van der Waals surface area contributed by atoms with Crippen molar-refractivity contribution in [3.8, 4) is 11.3 Å². The van der Waals surface area contributed by atoms with Crippen LogP contribution in [-0.2, 0) is 10.0 Å². The minimum Gasteiger partial charge on any atom is -0.384 e. The van der Waals surface area contributed by atoms with Crippen LogP contribution in [0.5, 0.6) is 0 Å². The molecule has 184 valence electrons. The molecule has 0 unspecified atom stereocenters. The molecule has 2 aromatic heterocycles. The highest BCUT2D eigenvalue weighted by atomic mass is 32.2. The van der Waals surface area contributed by atoms with Crippen LogP contribution in [0.25, 0.3) is 11.3 Å². The molecule has 3 N–H and O–H groups in total. The summed E-state index contributed by atoms with van der Waals surface area (Å²) in [5, 5.41) is -0.359. The maximum atomic E-state index is 14.1. The first-order valence-electron chi connectivity index (χ1n) is 11.2. The molecule has 1 saturated heterocycles. The largest absolute Gasteiger partial charge is 0.384 e. The molecule has 4 rings (SSSR count). The Morgan fingerprint density at radius 2 is 1.91 bits per heavy atom. The van der Waals surface area contributed by atoms with E-state index in [9.17, 15) is 17.6 Å². The minimum atomic E-state index is -4.27. The molecule has 8 nitrogen and oxygen atoms in total. The number of carbonyl (C=O) groups is 1. The molecule has 35 heavy (non-hydrogen) atoms. The van der Waals surface area contributed by atoms with Gasteiger partial charge in [-0.15, -0.1) is 0 Å². The number of anilines is 2. The first-order chi connectivity index (χ1) is 16.4. The van der Waals surface area contributed by atoms with Gasteiger partial charge in [0.25, 0.3) is 15.9 Å². The highest BCUT2D eigenvalue weighted by Crippen LogP contribution is 2.38. The Morgan fingerprint density at radius 3 is 2.54 bits per heavy atom. The number of aromatic nitrogens is 2. The topological polar surface area (TPSA) is 118 Å². The van der Waals surface area contributed by atoms with E-state index in [0.29, 0.717) is 29.5 Å². The number of hydrogen-bond donors (Lipinski definition) is 2. The van der Waals surface area contributed by atoms with Crippen molar-refractivity contribution in [1.82, 2.24) is 14.7 Å². The Kier molecular flexibility index (Phi) is 6.27. The number of nitrogens with zero attached hydrogens (tertiary/aromatic N) is 3. The van der Waals surface area contributed by atoms with E-state index in [-0.39, 0.29) is 27.8 Å². The number of rotatable bonds is 5. The van der Waals surface area contributed by atoms with Gasteiger partial charge in [-0.05, 0) is 81.1 Å². The fraction of sp³-hybridized carbons (Fsp3) is 0.320. The van der Waals surface area contributed by atoms with Crippen LogP contribution in [0.4, 0.5) is 16.0 Å². The maximum absolute atomic E-state index is 14.1. The number of sulfonamides is 1. The summed E-state index contributed by atoms with van der Waals surface area (Å²) in [6, 6.07) is 11.9. The second kappa shape index (κ2) is 8.92. The van der Waals surface area contributed by atoms with Crippen LogP contribution in [0.2, 0.25) is 0 Å². The third kappa shape index (κ3) is 5.12. The molecule has 0 radical (unpaired) electrons. The summed E-state index contributed by atoms with van der Waals surface area (Å²) in [6.07, 6.45) is 0.866.